The van der Waals surface area contributed by atoms with E-state index in [4.69, 9.17) is 0 Å². The van der Waals surface area contributed by atoms with Crippen molar-refractivity contribution in [1.29, 1.82) is 0 Å². The normalized spacial score (nSPS) is 12.1. The van der Waals surface area contributed by atoms with Crippen LogP contribution in [0.5, 0.6) is 0 Å². The number of nitrogens with zero attached hydrogens (tertiary/aromatic N) is 3. The molecule has 0 unspecified atom stereocenters. The fraction of sp³-hybridized carbons (Fsp3) is 0.200. The number of sulfonamides is 1. The van der Waals surface area contributed by atoms with Crippen LogP contribution in [0.1, 0.15) is 49.2 Å². The SMILES string of the molecule is C/C(=N\NC(=O)c1cc([N+](=O)[O-])cc([N+](=O)[O-])c1)c1ccc(NS(=O)(=O)c2ccc(C(C)(C)C)cc2)cc1. The van der Waals surface area contributed by atoms with Crippen LogP contribution in [0.3, 0.4) is 0 Å². The summed E-state index contributed by atoms with van der Waals surface area (Å²) in [6.07, 6.45) is 0. The van der Waals surface area contributed by atoms with E-state index in [2.05, 4.69) is 15.2 Å². The lowest BCUT2D eigenvalue weighted by Crippen LogP contribution is -2.19. The predicted molar refractivity (Wildman–Crippen MR) is 142 cm³/mol. The number of benzene rings is 3. The number of carbonyl (C=O) groups is 1. The second kappa shape index (κ2) is 10.8. The maximum atomic E-state index is 12.8. The van der Waals surface area contributed by atoms with Gasteiger partial charge in [-0.15, -0.1) is 0 Å². The van der Waals surface area contributed by atoms with E-state index in [1.54, 1.807) is 43.3 Å². The first kappa shape index (κ1) is 27.9. The number of hydrogen-bond acceptors (Lipinski definition) is 8. The van der Waals surface area contributed by atoms with Crippen LogP contribution in [0.2, 0.25) is 0 Å². The summed E-state index contributed by atoms with van der Waals surface area (Å²) >= 11 is 0. The van der Waals surface area contributed by atoms with Gasteiger partial charge < -0.3 is 0 Å². The van der Waals surface area contributed by atoms with E-state index >= 15 is 0 Å². The molecule has 3 aromatic carbocycles. The molecule has 0 fully saturated rings. The average Bonchev–Trinajstić information content (AvgIpc) is 2.86. The van der Waals surface area contributed by atoms with Crippen LogP contribution in [0.15, 0.2) is 76.7 Å². The van der Waals surface area contributed by atoms with E-state index in [1.165, 1.54) is 12.1 Å². The third-order valence-corrected chi connectivity index (χ3v) is 6.89. The molecule has 0 aliphatic carbocycles. The fourth-order valence-corrected chi connectivity index (χ4v) is 4.39. The second-order valence-corrected chi connectivity index (χ2v) is 11.0. The summed E-state index contributed by atoms with van der Waals surface area (Å²) in [6.45, 7) is 7.68. The lowest BCUT2D eigenvalue weighted by atomic mass is 9.87. The summed E-state index contributed by atoms with van der Waals surface area (Å²) in [6, 6.07) is 15.4. The van der Waals surface area contributed by atoms with Gasteiger partial charge in [0.15, 0.2) is 0 Å². The van der Waals surface area contributed by atoms with E-state index in [1.807, 2.05) is 20.8 Å². The van der Waals surface area contributed by atoms with Crippen molar-refractivity contribution in [3.05, 3.63) is 104 Å². The van der Waals surface area contributed by atoms with Crippen LogP contribution < -0.4 is 10.1 Å². The number of amides is 1. The molecule has 0 aliphatic rings. The molecule has 3 rings (SSSR count). The minimum absolute atomic E-state index is 0.110. The lowest BCUT2D eigenvalue weighted by Gasteiger charge is -2.19. The minimum Gasteiger partial charge on any atom is -0.280 e. The van der Waals surface area contributed by atoms with Gasteiger partial charge in [-0.3, -0.25) is 29.7 Å². The molecule has 0 aliphatic heterocycles. The molecule has 12 nitrogen and oxygen atoms in total. The zero-order chi connectivity index (χ0) is 28.3. The van der Waals surface area contributed by atoms with E-state index in [9.17, 15) is 33.4 Å². The Hall–Kier alpha value is -4.65. The molecule has 13 heteroatoms. The van der Waals surface area contributed by atoms with Crippen LogP contribution in [0.4, 0.5) is 17.1 Å². The summed E-state index contributed by atoms with van der Waals surface area (Å²) in [4.78, 5) is 32.9. The maximum absolute atomic E-state index is 12.8. The Morgan fingerprint density at radius 2 is 1.37 bits per heavy atom. The molecule has 0 saturated carbocycles. The number of carbonyl (C=O) groups excluding carboxylic acids is 1. The number of non-ortho nitro benzene ring substituents is 2. The van der Waals surface area contributed by atoms with E-state index in [0.717, 1.165) is 23.8 Å². The molecule has 0 aromatic heterocycles. The van der Waals surface area contributed by atoms with Crippen molar-refractivity contribution in [1.82, 2.24) is 5.43 Å². The van der Waals surface area contributed by atoms with Crippen molar-refractivity contribution in [2.45, 2.75) is 38.0 Å². The third kappa shape index (κ3) is 6.76. The zero-order valence-corrected chi connectivity index (χ0v) is 21.8. The number of nitro groups is 2. The van der Waals surface area contributed by atoms with E-state index in [0.29, 0.717) is 17.0 Å². The van der Waals surface area contributed by atoms with Crippen molar-refractivity contribution in [3.63, 3.8) is 0 Å². The van der Waals surface area contributed by atoms with Crippen molar-refractivity contribution in [2.24, 2.45) is 5.10 Å². The van der Waals surface area contributed by atoms with Crippen LogP contribution in [-0.4, -0.2) is 29.9 Å². The summed E-state index contributed by atoms with van der Waals surface area (Å²) in [7, 11) is -3.81. The van der Waals surface area contributed by atoms with Crippen LogP contribution >= 0.6 is 0 Å². The van der Waals surface area contributed by atoms with Gasteiger partial charge in [-0.2, -0.15) is 5.10 Å². The number of hydrogen-bond donors (Lipinski definition) is 2. The Morgan fingerprint density at radius 1 is 0.842 bits per heavy atom. The Balaban J connectivity index is 1.72. The zero-order valence-electron chi connectivity index (χ0n) is 21.0. The Labute approximate surface area is 218 Å². The number of rotatable bonds is 8. The molecular formula is C25H25N5O7S. The van der Waals surface area contributed by atoms with Gasteiger partial charge in [-0.05, 0) is 47.7 Å². The van der Waals surface area contributed by atoms with Crippen molar-refractivity contribution in [2.75, 3.05) is 4.72 Å². The molecule has 0 saturated heterocycles. The van der Waals surface area contributed by atoms with Gasteiger partial charge in [0.25, 0.3) is 27.3 Å². The smallest absolute Gasteiger partial charge is 0.277 e. The Bertz CT molecular complexity index is 1490. The van der Waals surface area contributed by atoms with Crippen LogP contribution in [-0.2, 0) is 15.4 Å². The minimum atomic E-state index is -3.81. The molecule has 0 radical (unpaired) electrons. The van der Waals surface area contributed by atoms with Gasteiger partial charge >= 0.3 is 0 Å². The molecule has 1 amide bonds. The quantitative estimate of drug-likeness (QED) is 0.236. The Kier molecular flexibility index (Phi) is 7.91. The lowest BCUT2D eigenvalue weighted by molar-refractivity contribution is -0.394. The van der Waals surface area contributed by atoms with Crippen molar-refractivity contribution >= 4 is 38.7 Å². The highest BCUT2D eigenvalue weighted by Crippen LogP contribution is 2.25. The highest BCUT2D eigenvalue weighted by molar-refractivity contribution is 7.92. The fourth-order valence-electron chi connectivity index (χ4n) is 3.33. The molecule has 0 heterocycles. The predicted octanol–water partition coefficient (Wildman–Crippen LogP) is 4.76. The van der Waals surface area contributed by atoms with Crippen LogP contribution in [0, 0.1) is 20.2 Å². The largest absolute Gasteiger partial charge is 0.280 e. The number of anilines is 1. The van der Waals surface area contributed by atoms with Gasteiger partial charge in [0.2, 0.25) is 0 Å². The first-order chi connectivity index (χ1) is 17.7. The van der Waals surface area contributed by atoms with E-state index in [-0.39, 0.29) is 15.9 Å². The van der Waals surface area contributed by atoms with Gasteiger partial charge in [0.1, 0.15) is 0 Å². The molecule has 2 N–H and O–H groups in total. The molecule has 198 valence electrons. The number of nitrogens with one attached hydrogen (secondary N) is 2. The highest BCUT2D eigenvalue weighted by Gasteiger charge is 2.20. The van der Waals surface area contributed by atoms with Gasteiger partial charge in [0.05, 0.1) is 32.1 Å². The topological polar surface area (TPSA) is 174 Å². The maximum Gasteiger partial charge on any atom is 0.277 e. The number of hydrazone groups is 1. The summed E-state index contributed by atoms with van der Waals surface area (Å²) in [5.41, 5.74) is 2.80. The van der Waals surface area contributed by atoms with Gasteiger partial charge in [-0.25, -0.2) is 13.8 Å². The average molecular weight is 540 g/mol. The monoisotopic (exact) mass is 539 g/mol. The summed E-state index contributed by atoms with van der Waals surface area (Å²) in [5.74, 6) is -0.877. The molecule has 38 heavy (non-hydrogen) atoms. The molecule has 0 atom stereocenters. The summed E-state index contributed by atoms with van der Waals surface area (Å²) < 4.78 is 28.0. The molecule has 0 bridgehead atoms. The highest BCUT2D eigenvalue weighted by atomic mass is 32.2. The second-order valence-electron chi connectivity index (χ2n) is 9.35. The van der Waals surface area contributed by atoms with Crippen LogP contribution in [0.25, 0.3) is 0 Å². The van der Waals surface area contributed by atoms with Gasteiger partial charge in [-0.1, -0.05) is 45.0 Å². The summed E-state index contributed by atoms with van der Waals surface area (Å²) in [5, 5.41) is 26.0. The Morgan fingerprint density at radius 3 is 1.84 bits per heavy atom. The standard InChI is InChI=1S/C25H25N5O7S/c1-16(26-27-24(31)18-13-21(29(32)33)15-22(14-18)30(34)35)17-5-9-20(10-6-17)28-38(36,37)23-11-7-19(8-12-23)25(2,3)4/h5-15,28H,1-4H3,(H,27,31)/b26-16+. The van der Waals surface area contributed by atoms with Crippen molar-refractivity contribution < 1.29 is 23.1 Å². The first-order valence-electron chi connectivity index (χ1n) is 11.2. The van der Waals surface area contributed by atoms with E-state index < -0.39 is 37.2 Å². The molecule has 0 spiro atoms. The molecular weight excluding hydrogens is 514 g/mol. The number of nitro benzene ring substituents is 2. The molecule has 3 aromatic rings. The third-order valence-electron chi connectivity index (χ3n) is 5.50. The van der Waals surface area contributed by atoms with Crippen molar-refractivity contribution in [3.8, 4) is 0 Å². The first-order valence-corrected chi connectivity index (χ1v) is 12.7. The van der Waals surface area contributed by atoms with Gasteiger partial charge in [0, 0.05) is 17.8 Å².